The smallest absolute Gasteiger partial charge is 0.330 e. The quantitative estimate of drug-likeness (QED) is 0.451. The fourth-order valence-corrected chi connectivity index (χ4v) is 4.78. The summed E-state index contributed by atoms with van der Waals surface area (Å²) in [6.45, 7) is 13.2. The molecule has 0 saturated carbocycles. The van der Waals surface area contributed by atoms with Gasteiger partial charge < -0.3 is 14.2 Å². The SMILES string of the molecule is CCOc1cc2c(c3c1OC(C)(C)C3)C(c1ccc(C=CC(=O)OC)c(C)c1)=NC(C)(C)C2. The van der Waals surface area contributed by atoms with Crippen molar-refractivity contribution in [2.45, 2.75) is 65.5 Å². The van der Waals surface area contributed by atoms with Crippen LogP contribution in [-0.2, 0) is 22.4 Å². The molecule has 5 nitrogen and oxygen atoms in total. The van der Waals surface area contributed by atoms with Crippen molar-refractivity contribution >= 4 is 17.8 Å². The number of carbonyl (C=O) groups is 1. The van der Waals surface area contributed by atoms with E-state index >= 15 is 0 Å². The van der Waals surface area contributed by atoms with Crippen molar-refractivity contribution in [2.24, 2.45) is 4.99 Å². The molecule has 2 aromatic carbocycles. The van der Waals surface area contributed by atoms with Gasteiger partial charge in [0.15, 0.2) is 11.5 Å². The summed E-state index contributed by atoms with van der Waals surface area (Å²) in [5, 5.41) is 0. The second-order valence-corrected chi connectivity index (χ2v) is 10.1. The molecule has 0 amide bonds. The predicted molar refractivity (Wildman–Crippen MR) is 132 cm³/mol. The Hall–Kier alpha value is -3.08. The summed E-state index contributed by atoms with van der Waals surface area (Å²) in [6.07, 6.45) is 4.89. The minimum atomic E-state index is -0.367. The van der Waals surface area contributed by atoms with E-state index in [0.29, 0.717) is 6.61 Å². The molecule has 0 aromatic heterocycles. The number of aryl methyl sites for hydroxylation is 1. The van der Waals surface area contributed by atoms with Crippen LogP contribution >= 0.6 is 0 Å². The van der Waals surface area contributed by atoms with E-state index < -0.39 is 0 Å². The van der Waals surface area contributed by atoms with Crippen molar-refractivity contribution in [2.75, 3.05) is 13.7 Å². The second kappa shape index (κ2) is 8.36. The van der Waals surface area contributed by atoms with E-state index in [9.17, 15) is 4.79 Å². The van der Waals surface area contributed by atoms with Crippen LogP contribution in [0, 0.1) is 6.92 Å². The summed E-state index contributed by atoms with van der Waals surface area (Å²) < 4.78 is 17.1. The Morgan fingerprint density at radius 1 is 1.18 bits per heavy atom. The summed E-state index contributed by atoms with van der Waals surface area (Å²) in [7, 11) is 1.38. The van der Waals surface area contributed by atoms with Crippen LogP contribution in [0.25, 0.3) is 6.08 Å². The molecule has 0 fully saturated rings. The normalized spacial score (nSPS) is 17.7. The Kier molecular flexibility index (Phi) is 5.85. The third kappa shape index (κ3) is 4.54. The number of aliphatic imine (C=N–C) groups is 1. The average molecular weight is 448 g/mol. The second-order valence-electron chi connectivity index (χ2n) is 10.1. The van der Waals surface area contributed by atoms with Gasteiger partial charge in [0.2, 0.25) is 0 Å². The number of rotatable bonds is 5. The van der Waals surface area contributed by atoms with E-state index in [-0.39, 0.29) is 17.1 Å². The topological polar surface area (TPSA) is 57.1 Å². The zero-order valence-corrected chi connectivity index (χ0v) is 20.7. The van der Waals surface area contributed by atoms with Crippen LogP contribution in [0.1, 0.15) is 68.0 Å². The average Bonchev–Trinajstić information content (AvgIpc) is 3.06. The first-order chi connectivity index (χ1) is 15.5. The van der Waals surface area contributed by atoms with E-state index in [0.717, 1.165) is 46.7 Å². The molecule has 0 radical (unpaired) electrons. The Labute approximate surface area is 196 Å². The molecular formula is C28H33NO4. The van der Waals surface area contributed by atoms with Gasteiger partial charge in [-0.25, -0.2) is 4.79 Å². The highest BCUT2D eigenvalue weighted by Gasteiger charge is 2.39. The molecule has 0 bridgehead atoms. The summed E-state index contributed by atoms with van der Waals surface area (Å²) in [5.74, 6) is 1.31. The number of benzene rings is 2. The van der Waals surface area contributed by atoms with Crippen LogP contribution in [0.4, 0.5) is 0 Å². The predicted octanol–water partition coefficient (Wildman–Crippen LogP) is 5.47. The molecule has 4 rings (SSSR count). The van der Waals surface area contributed by atoms with E-state index in [1.165, 1.54) is 29.9 Å². The van der Waals surface area contributed by atoms with Gasteiger partial charge in [0.05, 0.1) is 25.0 Å². The van der Waals surface area contributed by atoms with Crippen LogP contribution in [0.2, 0.25) is 0 Å². The van der Waals surface area contributed by atoms with Gasteiger partial charge >= 0.3 is 5.97 Å². The maximum absolute atomic E-state index is 11.5. The van der Waals surface area contributed by atoms with Crippen molar-refractivity contribution in [1.29, 1.82) is 0 Å². The van der Waals surface area contributed by atoms with Crippen molar-refractivity contribution in [3.8, 4) is 11.5 Å². The molecule has 0 N–H and O–H groups in total. The highest BCUT2D eigenvalue weighted by Crippen LogP contribution is 2.48. The highest BCUT2D eigenvalue weighted by molar-refractivity contribution is 6.16. The zero-order valence-electron chi connectivity index (χ0n) is 20.7. The van der Waals surface area contributed by atoms with Gasteiger partial charge in [0.1, 0.15) is 5.60 Å². The number of hydrogen-bond donors (Lipinski definition) is 0. The van der Waals surface area contributed by atoms with Gasteiger partial charge in [0, 0.05) is 29.2 Å². The van der Waals surface area contributed by atoms with Gasteiger partial charge in [-0.05, 0) is 82.9 Å². The molecule has 33 heavy (non-hydrogen) atoms. The standard InChI is InChI=1S/C28H33NO4/c1-8-32-22-14-20-15-27(3,4)29-25(24(20)21-16-28(5,6)33-26(21)22)19-10-9-18(17(2)13-19)11-12-23(30)31-7/h9-14H,8,15-16H2,1-7H3. The third-order valence-corrected chi connectivity index (χ3v) is 6.12. The van der Waals surface area contributed by atoms with E-state index in [2.05, 4.69) is 45.9 Å². The molecule has 2 heterocycles. The minimum Gasteiger partial charge on any atom is -0.490 e. The first-order valence-electron chi connectivity index (χ1n) is 11.5. The Balaban J connectivity index is 1.86. The highest BCUT2D eigenvalue weighted by atomic mass is 16.5. The summed E-state index contributed by atoms with van der Waals surface area (Å²) >= 11 is 0. The van der Waals surface area contributed by atoms with Crippen molar-refractivity contribution in [1.82, 2.24) is 0 Å². The molecule has 174 valence electrons. The molecule has 2 aliphatic rings. The number of ether oxygens (including phenoxy) is 3. The minimum absolute atomic E-state index is 0.230. The number of esters is 1. The molecular weight excluding hydrogens is 414 g/mol. The fourth-order valence-electron chi connectivity index (χ4n) is 4.78. The summed E-state index contributed by atoms with van der Waals surface area (Å²) in [4.78, 5) is 16.7. The lowest BCUT2D eigenvalue weighted by Crippen LogP contribution is -2.30. The maximum Gasteiger partial charge on any atom is 0.330 e. The van der Waals surface area contributed by atoms with Gasteiger partial charge in [-0.3, -0.25) is 4.99 Å². The van der Waals surface area contributed by atoms with Crippen LogP contribution < -0.4 is 9.47 Å². The molecule has 0 saturated heterocycles. The number of hydrogen-bond acceptors (Lipinski definition) is 5. The fraction of sp³-hybridized carbons (Fsp3) is 0.429. The Morgan fingerprint density at radius 3 is 2.61 bits per heavy atom. The number of fused-ring (bicyclic) bond motifs is 3. The first-order valence-corrected chi connectivity index (χ1v) is 11.5. The van der Waals surface area contributed by atoms with Gasteiger partial charge in [-0.1, -0.05) is 12.1 Å². The molecule has 5 heteroatoms. The number of methoxy groups -OCH3 is 1. The lowest BCUT2D eigenvalue weighted by atomic mass is 9.80. The Bertz CT molecular complexity index is 1170. The molecule has 0 unspecified atom stereocenters. The van der Waals surface area contributed by atoms with Crippen LogP contribution in [0.3, 0.4) is 0 Å². The molecule has 0 spiro atoms. The van der Waals surface area contributed by atoms with E-state index in [1.54, 1.807) is 6.08 Å². The number of nitrogens with zero attached hydrogens (tertiary/aromatic N) is 1. The third-order valence-electron chi connectivity index (χ3n) is 6.12. The van der Waals surface area contributed by atoms with Gasteiger partial charge in [0.25, 0.3) is 0 Å². The van der Waals surface area contributed by atoms with Crippen molar-refractivity contribution in [3.63, 3.8) is 0 Å². The van der Waals surface area contributed by atoms with E-state index in [4.69, 9.17) is 19.2 Å². The molecule has 2 aromatic rings. The molecule has 0 atom stereocenters. The van der Waals surface area contributed by atoms with Gasteiger partial charge in [-0.15, -0.1) is 0 Å². The van der Waals surface area contributed by atoms with E-state index in [1.807, 2.05) is 19.9 Å². The first kappa shape index (κ1) is 23.1. The van der Waals surface area contributed by atoms with Gasteiger partial charge in [-0.2, -0.15) is 0 Å². The van der Waals surface area contributed by atoms with Crippen molar-refractivity contribution < 1.29 is 19.0 Å². The summed E-state index contributed by atoms with van der Waals surface area (Å²) in [5.41, 5.74) is 7.19. The monoisotopic (exact) mass is 447 g/mol. The largest absolute Gasteiger partial charge is 0.490 e. The lowest BCUT2D eigenvalue weighted by molar-refractivity contribution is -0.134. The maximum atomic E-state index is 11.5. The number of carbonyl (C=O) groups excluding carboxylic acids is 1. The lowest BCUT2D eigenvalue weighted by Gasteiger charge is -2.31. The van der Waals surface area contributed by atoms with Crippen molar-refractivity contribution in [3.05, 3.63) is 63.7 Å². The van der Waals surface area contributed by atoms with Crippen LogP contribution in [0.15, 0.2) is 35.3 Å². The van der Waals surface area contributed by atoms with Crippen LogP contribution in [0.5, 0.6) is 11.5 Å². The zero-order chi connectivity index (χ0) is 24.0. The Morgan fingerprint density at radius 2 is 1.94 bits per heavy atom. The van der Waals surface area contributed by atoms with Crippen LogP contribution in [-0.4, -0.2) is 36.5 Å². The summed E-state index contributed by atoms with van der Waals surface area (Å²) in [6, 6.07) is 8.40. The molecule has 2 aliphatic heterocycles. The molecule has 0 aliphatic carbocycles.